The van der Waals surface area contributed by atoms with Crippen LogP contribution in [0.2, 0.25) is 0 Å². The van der Waals surface area contributed by atoms with E-state index in [0.717, 1.165) is 0 Å². The van der Waals surface area contributed by atoms with Gasteiger partial charge in [-0.1, -0.05) is 12.1 Å². The van der Waals surface area contributed by atoms with Gasteiger partial charge in [-0.2, -0.15) is 0 Å². The highest BCUT2D eigenvalue weighted by Gasteiger charge is 2.16. The molecule has 0 atom stereocenters. The van der Waals surface area contributed by atoms with Crippen LogP contribution < -0.4 is 5.32 Å². The summed E-state index contributed by atoms with van der Waals surface area (Å²) in [6.07, 6.45) is 1.54. The molecule has 2 amide bonds. The van der Waals surface area contributed by atoms with Gasteiger partial charge in [0.05, 0.1) is 0 Å². The highest BCUT2D eigenvalue weighted by molar-refractivity contribution is 6.00. The highest BCUT2D eigenvalue weighted by atomic mass is 19.1. The molecule has 1 aromatic rings. The van der Waals surface area contributed by atoms with Crippen LogP contribution in [0.3, 0.4) is 0 Å². The van der Waals surface area contributed by atoms with Crippen molar-refractivity contribution < 1.29 is 14.0 Å². The summed E-state index contributed by atoms with van der Waals surface area (Å²) in [6, 6.07) is 5.71. The summed E-state index contributed by atoms with van der Waals surface area (Å²) in [6.45, 7) is 6.18. The van der Waals surface area contributed by atoms with Gasteiger partial charge in [-0.3, -0.25) is 9.59 Å². The third-order valence-corrected chi connectivity index (χ3v) is 2.77. The second kappa shape index (κ2) is 7.43. The fourth-order valence-electron chi connectivity index (χ4n) is 1.75. The van der Waals surface area contributed by atoms with Gasteiger partial charge >= 0.3 is 0 Å². The zero-order valence-corrected chi connectivity index (χ0v) is 11.9. The Hall–Kier alpha value is -2.17. The normalized spacial score (nSPS) is 11.1. The van der Waals surface area contributed by atoms with Crippen LogP contribution in [0.25, 0.3) is 6.08 Å². The third-order valence-electron chi connectivity index (χ3n) is 2.77. The number of rotatable bonds is 5. The Morgan fingerprint density at radius 3 is 2.20 bits per heavy atom. The average molecular weight is 278 g/mol. The lowest BCUT2D eigenvalue weighted by atomic mass is 10.1. The molecule has 0 bridgehead atoms. The predicted octanol–water partition coefficient (Wildman–Crippen LogP) is 2.17. The number of nitrogens with one attached hydrogen (secondary N) is 1. The molecule has 1 rings (SSSR count). The van der Waals surface area contributed by atoms with Gasteiger partial charge < -0.3 is 10.2 Å². The first-order chi connectivity index (χ1) is 9.47. The van der Waals surface area contributed by atoms with Gasteiger partial charge in [0.2, 0.25) is 5.91 Å². The average Bonchev–Trinajstić information content (AvgIpc) is 2.41. The molecule has 0 aromatic heterocycles. The van der Waals surface area contributed by atoms with Crippen LogP contribution in [0.5, 0.6) is 0 Å². The highest BCUT2D eigenvalue weighted by Crippen LogP contribution is 2.09. The molecule has 0 spiro atoms. The summed E-state index contributed by atoms with van der Waals surface area (Å²) < 4.78 is 12.9. The molecule has 0 saturated carbocycles. The van der Waals surface area contributed by atoms with Crippen molar-refractivity contribution in [1.82, 2.24) is 10.2 Å². The maximum absolute atomic E-state index is 12.9. The number of carbonyl (C=O) groups excluding carboxylic acids is 2. The number of benzene rings is 1. The van der Waals surface area contributed by atoms with Crippen LogP contribution in [0.4, 0.5) is 4.39 Å². The van der Waals surface area contributed by atoms with Gasteiger partial charge in [0, 0.05) is 20.0 Å². The molecule has 0 aliphatic rings. The molecule has 4 nitrogen and oxygen atoms in total. The Morgan fingerprint density at radius 2 is 1.75 bits per heavy atom. The van der Waals surface area contributed by atoms with Crippen LogP contribution in [0.1, 0.15) is 26.3 Å². The topological polar surface area (TPSA) is 49.4 Å². The maximum Gasteiger partial charge on any atom is 0.270 e. The van der Waals surface area contributed by atoms with E-state index in [9.17, 15) is 14.0 Å². The molecule has 0 aliphatic carbocycles. The first kappa shape index (κ1) is 15.9. The van der Waals surface area contributed by atoms with Gasteiger partial charge in [0.25, 0.3) is 5.91 Å². The van der Waals surface area contributed by atoms with Crippen molar-refractivity contribution in [3.63, 3.8) is 0 Å². The van der Waals surface area contributed by atoms with E-state index in [-0.39, 0.29) is 23.3 Å². The van der Waals surface area contributed by atoms with Crippen LogP contribution in [-0.4, -0.2) is 29.8 Å². The summed E-state index contributed by atoms with van der Waals surface area (Å²) in [5.41, 5.74) is 0.837. The molecule has 0 saturated heterocycles. The van der Waals surface area contributed by atoms with Crippen LogP contribution in [0.15, 0.2) is 30.0 Å². The number of amides is 2. The van der Waals surface area contributed by atoms with E-state index in [1.165, 1.54) is 19.1 Å². The molecule has 108 valence electrons. The van der Waals surface area contributed by atoms with Gasteiger partial charge in [-0.15, -0.1) is 0 Å². The smallest absolute Gasteiger partial charge is 0.270 e. The van der Waals surface area contributed by atoms with Gasteiger partial charge in [-0.25, -0.2) is 4.39 Å². The van der Waals surface area contributed by atoms with Crippen molar-refractivity contribution >= 4 is 17.9 Å². The van der Waals surface area contributed by atoms with Gasteiger partial charge in [0.15, 0.2) is 0 Å². The molecular weight excluding hydrogens is 259 g/mol. The molecule has 1 N–H and O–H groups in total. The second-order valence-electron chi connectivity index (χ2n) is 4.27. The minimum absolute atomic E-state index is 0.188. The standard InChI is InChI=1S/C15H19FN2O2/c1-4-18(5-2)15(20)14(17-11(3)19)10-12-6-8-13(16)9-7-12/h6-10H,4-5H2,1-3H3,(H,17,19)/b14-10-. The Morgan fingerprint density at radius 1 is 1.20 bits per heavy atom. The third kappa shape index (κ3) is 4.50. The molecular formula is C15H19FN2O2. The maximum atomic E-state index is 12.9. The number of hydrogen-bond donors (Lipinski definition) is 1. The van der Waals surface area contributed by atoms with Crippen molar-refractivity contribution in [2.75, 3.05) is 13.1 Å². The largest absolute Gasteiger partial charge is 0.338 e. The van der Waals surface area contributed by atoms with E-state index in [0.29, 0.717) is 18.7 Å². The van der Waals surface area contributed by atoms with E-state index in [4.69, 9.17) is 0 Å². The molecule has 0 fully saturated rings. The van der Waals surface area contributed by atoms with E-state index in [1.807, 2.05) is 13.8 Å². The zero-order chi connectivity index (χ0) is 15.1. The van der Waals surface area contributed by atoms with Crippen molar-refractivity contribution in [3.05, 3.63) is 41.3 Å². The van der Waals surface area contributed by atoms with Crippen LogP contribution in [0, 0.1) is 5.82 Å². The summed E-state index contributed by atoms with van der Waals surface area (Å²) in [7, 11) is 0. The lowest BCUT2D eigenvalue weighted by Crippen LogP contribution is -2.37. The fourth-order valence-corrected chi connectivity index (χ4v) is 1.75. The number of halogens is 1. The quantitative estimate of drug-likeness (QED) is 0.839. The van der Waals surface area contributed by atoms with Crippen molar-refractivity contribution in [2.24, 2.45) is 0 Å². The minimum Gasteiger partial charge on any atom is -0.338 e. The van der Waals surface area contributed by atoms with Crippen molar-refractivity contribution in [3.8, 4) is 0 Å². The SMILES string of the molecule is CCN(CC)C(=O)/C(=C/c1ccc(F)cc1)NC(C)=O. The van der Waals surface area contributed by atoms with Crippen molar-refractivity contribution in [1.29, 1.82) is 0 Å². The first-order valence-electron chi connectivity index (χ1n) is 6.52. The molecule has 0 radical (unpaired) electrons. The predicted molar refractivity (Wildman–Crippen MR) is 76.1 cm³/mol. The van der Waals surface area contributed by atoms with Gasteiger partial charge in [0.1, 0.15) is 11.5 Å². The number of nitrogens with zero attached hydrogens (tertiary/aromatic N) is 1. The fraction of sp³-hybridized carbons (Fsp3) is 0.333. The Labute approximate surface area is 118 Å². The lowest BCUT2D eigenvalue weighted by Gasteiger charge is -2.20. The zero-order valence-electron chi connectivity index (χ0n) is 11.9. The molecule has 20 heavy (non-hydrogen) atoms. The van der Waals surface area contributed by atoms with Crippen LogP contribution >= 0.6 is 0 Å². The molecule has 0 aliphatic heterocycles. The Kier molecular flexibility index (Phi) is 5.90. The van der Waals surface area contributed by atoms with Crippen LogP contribution in [-0.2, 0) is 9.59 Å². The molecule has 0 heterocycles. The first-order valence-corrected chi connectivity index (χ1v) is 6.52. The monoisotopic (exact) mass is 278 g/mol. The number of likely N-dealkylation sites (N-methyl/N-ethyl adjacent to an activating group) is 1. The van der Waals surface area contributed by atoms with E-state index in [2.05, 4.69) is 5.32 Å². The molecule has 0 unspecified atom stereocenters. The van der Waals surface area contributed by atoms with E-state index >= 15 is 0 Å². The summed E-state index contributed by atoms with van der Waals surface area (Å²) in [5.74, 6) is -0.924. The summed E-state index contributed by atoms with van der Waals surface area (Å²) in [4.78, 5) is 25.1. The molecule has 1 aromatic carbocycles. The van der Waals surface area contributed by atoms with Gasteiger partial charge in [-0.05, 0) is 37.6 Å². The van der Waals surface area contributed by atoms with E-state index in [1.54, 1.807) is 23.1 Å². The summed E-state index contributed by atoms with van der Waals surface area (Å²) >= 11 is 0. The lowest BCUT2D eigenvalue weighted by molar-refractivity contribution is -0.129. The molecule has 5 heteroatoms. The Balaban J connectivity index is 3.08. The number of hydrogen-bond acceptors (Lipinski definition) is 2. The minimum atomic E-state index is -0.349. The number of carbonyl (C=O) groups is 2. The second-order valence-corrected chi connectivity index (χ2v) is 4.27. The van der Waals surface area contributed by atoms with E-state index < -0.39 is 0 Å². The Bertz CT molecular complexity index is 505. The summed E-state index contributed by atoms with van der Waals surface area (Å²) in [5, 5.41) is 2.53. The van der Waals surface area contributed by atoms with Crippen molar-refractivity contribution in [2.45, 2.75) is 20.8 Å².